The van der Waals surface area contributed by atoms with Gasteiger partial charge in [0.15, 0.2) is 0 Å². The number of carbonyl (C=O) groups is 2. The molecule has 1 saturated carbocycles. The molecule has 6 heteroatoms. The molecule has 1 aromatic carbocycles. The number of unbranched alkanes of at least 4 members (excludes halogenated alkanes) is 1. The van der Waals surface area contributed by atoms with Gasteiger partial charge in [-0.2, -0.15) is 0 Å². The van der Waals surface area contributed by atoms with Crippen molar-refractivity contribution in [1.29, 1.82) is 0 Å². The van der Waals surface area contributed by atoms with E-state index >= 15 is 0 Å². The second-order valence-corrected chi connectivity index (χ2v) is 8.96. The quantitative estimate of drug-likeness (QED) is 0.216. The van der Waals surface area contributed by atoms with Crippen LogP contribution in [0.2, 0.25) is 0 Å². The number of rotatable bonds is 14. The predicted molar refractivity (Wildman–Crippen MR) is 134 cm³/mol. The van der Waals surface area contributed by atoms with Crippen LogP contribution in [-0.4, -0.2) is 46.9 Å². The Morgan fingerprint density at radius 1 is 1.21 bits per heavy atom. The van der Waals surface area contributed by atoms with Gasteiger partial charge in [0.1, 0.15) is 6.10 Å². The second-order valence-electron chi connectivity index (χ2n) is 8.96. The van der Waals surface area contributed by atoms with Crippen molar-refractivity contribution in [1.82, 2.24) is 5.32 Å². The molecule has 0 aromatic heterocycles. The molecule has 5 atom stereocenters. The van der Waals surface area contributed by atoms with Crippen molar-refractivity contribution in [2.24, 2.45) is 11.8 Å². The third kappa shape index (κ3) is 9.82. The number of aryl methyl sites for hydroxylation is 1. The molecular weight excluding hydrogens is 430 g/mol. The maximum absolute atomic E-state index is 11.9. The summed E-state index contributed by atoms with van der Waals surface area (Å²) in [7, 11) is 0. The number of carbonyl (C=O) groups excluding carboxylic acids is 2. The highest BCUT2D eigenvalue weighted by Crippen LogP contribution is 2.38. The van der Waals surface area contributed by atoms with E-state index in [1.54, 1.807) is 13.0 Å². The molecule has 0 bridgehead atoms. The molecule has 3 N–H and O–H groups in total. The van der Waals surface area contributed by atoms with Gasteiger partial charge in [0.25, 0.3) is 0 Å². The lowest BCUT2D eigenvalue weighted by Crippen LogP contribution is -2.24. The molecule has 188 valence electrons. The highest BCUT2D eigenvalue weighted by atomic mass is 16.5. The summed E-state index contributed by atoms with van der Waals surface area (Å²) in [5, 5.41) is 24.0. The first-order valence-corrected chi connectivity index (χ1v) is 12.6. The maximum atomic E-state index is 11.9. The Morgan fingerprint density at radius 2 is 1.97 bits per heavy atom. The van der Waals surface area contributed by atoms with Crippen LogP contribution in [0.25, 0.3) is 0 Å². The van der Waals surface area contributed by atoms with E-state index in [2.05, 4.69) is 5.32 Å². The number of hydrogen-bond donors (Lipinski definition) is 3. The molecule has 0 aliphatic heterocycles. The van der Waals surface area contributed by atoms with Gasteiger partial charge in [0.2, 0.25) is 5.91 Å². The molecule has 1 aliphatic rings. The van der Waals surface area contributed by atoms with Crippen LogP contribution in [0.5, 0.6) is 0 Å². The third-order valence-corrected chi connectivity index (χ3v) is 6.31. The van der Waals surface area contributed by atoms with Crippen molar-refractivity contribution in [2.45, 2.75) is 83.5 Å². The van der Waals surface area contributed by atoms with E-state index < -0.39 is 18.3 Å². The third-order valence-electron chi connectivity index (χ3n) is 6.31. The number of esters is 1. The average molecular weight is 472 g/mol. The maximum Gasteiger partial charge on any atom is 0.305 e. The summed E-state index contributed by atoms with van der Waals surface area (Å²) in [4.78, 5) is 23.5. The molecule has 0 spiro atoms. The Balaban J connectivity index is 1.94. The zero-order valence-electron chi connectivity index (χ0n) is 20.6. The fraction of sp³-hybridized carbons (Fsp3) is 0.571. The fourth-order valence-electron chi connectivity index (χ4n) is 4.41. The molecule has 1 fully saturated rings. The number of aliphatic hydroxyl groups is 2. The molecular formula is C28H41NO5. The Morgan fingerprint density at radius 3 is 2.68 bits per heavy atom. The van der Waals surface area contributed by atoms with E-state index in [1.807, 2.05) is 55.5 Å². The first kappa shape index (κ1) is 27.8. The van der Waals surface area contributed by atoms with E-state index in [0.29, 0.717) is 38.6 Å². The Hall–Kier alpha value is -2.44. The summed E-state index contributed by atoms with van der Waals surface area (Å²) in [6.45, 7) is 4.31. The minimum absolute atomic E-state index is 0.0683. The summed E-state index contributed by atoms with van der Waals surface area (Å²) in [6.07, 6.45) is 11.0. The molecule has 0 saturated heterocycles. The van der Waals surface area contributed by atoms with E-state index in [1.165, 1.54) is 5.56 Å². The van der Waals surface area contributed by atoms with Gasteiger partial charge >= 0.3 is 5.97 Å². The summed E-state index contributed by atoms with van der Waals surface area (Å²) >= 11 is 0. The molecule has 0 heterocycles. The Bertz CT molecular complexity index is 791. The number of benzene rings is 1. The average Bonchev–Trinajstić information content (AvgIpc) is 3.12. The number of amides is 1. The predicted octanol–water partition coefficient (Wildman–Crippen LogP) is 4.11. The van der Waals surface area contributed by atoms with Gasteiger partial charge in [0, 0.05) is 31.7 Å². The van der Waals surface area contributed by atoms with Gasteiger partial charge in [-0.3, -0.25) is 9.59 Å². The van der Waals surface area contributed by atoms with Gasteiger partial charge in [-0.15, -0.1) is 0 Å². The van der Waals surface area contributed by atoms with Gasteiger partial charge < -0.3 is 20.3 Å². The van der Waals surface area contributed by atoms with E-state index in [4.69, 9.17) is 4.74 Å². The number of nitrogens with one attached hydrogen (secondary N) is 1. The lowest BCUT2D eigenvalue weighted by molar-refractivity contribution is -0.150. The molecule has 1 aliphatic carbocycles. The first-order valence-electron chi connectivity index (χ1n) is 12.6. The van der Waals surface area contributed by atoms with Gasteiger partial charge in [-0.1, -0.05) is 61.6 Å². The largest absolute Gasteiger partial charge is 0.462 e. The van der Waals surface area contributed by atoms with Crippen LogP contribution >= 0.6 is 0 Å². The zero-order chi connectivity index (χ0) is 24.8. The summed E-state index contributed by atoms with van der Waals surface area (Å²) in [5.74, 6) is -0.454. The highest BCUT2D eigenvalue weighted by molar-refractivity contribution is 5.75. The van der Waals surface area contributed by atoms with Crippen LogP contribution in [0, 0.1) is 11.8 Å². The van der Waals surface area contributed by atoms with Crippen LogP contribution in [0.3, 0.4) is 0 Å². The number of hydrogen-bond acceptors (Lipinski definition) is 5. The van der Waals surface area contributed by atoms with Gasteiger partial charge in [-0.05, 0) is 50.5 Å². The van der Waals surface area contributed by atoms with Crippen molar-refractivity contribution in [3.63, 3.8) is 0 Å². The van der Waals surface area contributed by atoms with Crippen molar-refractivity contribution in [3.05, 3.63) is 60.2 Å². The topological polar surface area (TPSA) is 95.9 Å². The minimum Gasteiger partial charge on any atom is -0.462 e. The number of ether oxygens (including phenoxy) is 1. The van der Waals surface area contributed by atoms with Crippen LogP contribution < -0.4 is 5.32 Å². The normalized spacial score (nSPS) is 23.4. The lowest BCUT2D eigenvalue weighted by atomic mass is 9.89. The standard InChI is InChI=1S/C28H41NO5/c1-3-28(33)34-26-20-25(31)23(14-10-5-6-11-15-27(32)29-4-2)24(26)19-18-22(30)17-16-21-12-8-7-9-13-21/h5,7-10,12-13,18-19,22-26,30-31H,3-4,6,11,14-17,20H2,1-2H3,(H,29,32). The van der Waals surface area contributed by atoms with Crippen LogP contribution in [0.1, 0.15) is 64.4 Å². The molecule has 2 rings (SSSR count). The van der Waals surface area contributed by atoms with Crippen LogP contribution in [0.15, 0.2) is 54.6 Å². The molecule has 1 aromatic rings. The Kier molecular flexibility index (Phi) is 12.6. The molecule has 5 unspecified atom stereocenters. The SMILES string of the molecule is CCNC(=O)CCCC=CCC1C(O)CC(OC(=O)CC)C1C=CC(O)CCc1ccccc1. The second kappa shape index (κ2) is 15.5. The first-order chi connectivity index (χ1) is 16.4. The minimum atomic E-state index is -0.606. The van der Waals surface area contributed by atoms with Crippen molar-refractivity contribution in [2.75, 3.05) is 6.54 Å². The molecule has 0 radical (unpaired) electrons. The summed E-state index contributed by atoms with van der Waals surface area (Å²) < 4.78 is 5.63. The zero-order valence-corrected chi connectivity index (χ0v) is 20.6. The van der Waals surface area contributed by atoms with Crippen LogP contribution in [0.4, 0.5) is 0 Å². The van der Waals surface area contributed by atoms with E-state index in [9.17, 15) is 19.8 Å². The monoisotopic (exact) mass is 471 g/mol. The lowest BCUT2D eigenvalue weighted by Gasteiger charge is -2.22. The number of aliphatic hydroxyl groups excluding tert-OH is 2. The van der Waals surface area contributed by atoms with Crippen molar-refractivity contribution in [3.8, 4) is 0 Å². The Labute approximate surface area is 204 Å². The van der Waals surface area contributed by atoms with E-state index in [0.717, 1.165) is 19.3 Å². The number of allylic oxidation sites excluding steroid dienone is 2. The summed E-state index contributed by atoms with van der Waals surface area (Å²) in [6, 6.07) is 10.0. The summed E-state index contributed by atoms with van der Waals surface area (Å²) in [5.41, 5.74) is 1.18. The molecule has 34 heavy (non-hydrogen) atoms. The van der Waals surface area contributed by atoms with Crippen molar-refractivity contribution < 1.29 is 24.5 Å². The van der Waals surface area contributed by atoms with Crippen LogP contribution in [-0.2, 0) is 20.7 Å². The molecule has 6 nitrogen and oxygen atoms in total. The smallest absolute Gasteiger partial charge is 0.305 e. The molecule has 1 amide bonds. The van der Waals surface area contributed by atoms with Crippen molar-refractivity contribution >= 4 is 11.9 Å². The van der Waals surface area contributed by atoms with Gasteiger partial charge in [0.05, 0.1) is 12.2 Å². The van der Waals surface area contributed by atoms with E-state index in [-0.39, 0.29) is 23.7 Å². The fourth-order valence-corrected chi connectivity index (χ4v) is 4.41. The van der Waals surface area contributed by atoms with Gasteiger partial charge in [-0.25, -0.2) is 0 Å². The highest BCUT2D eigenvalue weighted by Gasteiger charge is 2.42.